The van der Waals surface area contributed by atoms with Gasteiger partial charge in [0.25, 0.3) is 0 Å². The molecule has 170 valence electrons. The molecule has 0 radical (unpaired) electrons. The quantitative estimate of drug-likeness (QED) is 0.222. The average molecular weight is 438 g/mol. The molecule has 1 aliphatic heterocycles. The minimum absolute atomic E-state index is 0.00261. The number of aliphatic hydroxyl groups excluding tert-OH is 4. The highest BCUT2D eigenvalue weighted by molar-refractivity contribution is 5.86. The van der Waals surface area contributed by atoms with Gasteiger partial charge in [-0.15, -0.1) is 0 Å². The van der Waals surface area contributed by atoms with E-state index in [1.807, 2.05) is 19.1 Å². The first kappa shape index (κ1) is 23.0. The summed E-state index contributed by atoms with van der Waals surface area (Å²) >= 11 is 0. The van der Waals surface area contributed by atoms with E-state index in [9.17, 15) is 30.3 Å². The smallest absolute Gasteiger partial charge is 0.383 e. The molecular weight excluding hydrogens is 412 g/mol. The normalized spacial score (nSPS) is 26.4. The van der Waals surface area contributed by atoms with Crippen molar-refractivity contribution in [3.8, 4) is 17.2 Å². The second kappa shape index (κ2) is 10.1. The fraction of sp³-hybridized carbons (Fsp3) is 0.476. The summed E-state index contributed by atoms with van der Waals surface area (Å²) in [4.78, 5) is 12.2. The Kier molecular flexibility index (Phi) is 7.52. The zero-order valence-corrected chi connectivity index (χ0v) is 16.9. The van der Waals surface area contributed by atoms with Crippen LogP contribution in [-0.2, 0) is 4.74 Å². The Morgan fingerprint density at radius 2 is 1.90 bits per heavy atom. The van der Waals surface area contributed by atoms with E-state index in [2.05, 4.69) is 0 Å². The molecule has 31 heavy (non-hydrogen) atoms. The van der Waals surface area contributed by atoms with Crippen molar-refractivity contribution in [3.63, 3.8) is 0 Å². The summed E-state index contributed by atoms with van der Waals surface area (Å²) < 4.78 is 21.4. The lowest BCUT2D eigenvalue weighted by Crippen LogP contribution is -2.60. The largest absolute Gasteiger partial charge is 0.504 e. The first-order valence-corrected chi connectivity index (χ1v) is 9.92. The average Bonchev–Trinajstić information content (AvgIpc) is 2.75. The summed E-state index contributed by atoms with van der Waals surface area (Å²) in [6, 6.07) is 4.15. The number of hydrogen-bond acceptors (Lipinski definition) is 10. The minimum Gasteiger partial charge on any atom is -0.504 e. The Labute approximate surface area is 177 Å². The predicted molar refractivity (Wildman–Crippen MR) is 108 cm³/mol. The minimum atomic E-state index is -1.59. The van der Waals surface area contributed by atoms with Crippen molar-refractivity contribution in [2.45, 2.75) is 50.5 Å². The van der Waals surface area contributed by atoms with Crippen molar-refractivity contribution in [1.82, 2.24) is 0 Å². The van der Waals surface area contributed by atoms with Crippen molar-refractivity contribution in [3.05, 3.63) is 40.8 Å². The van der Waals surface area contributed by atoms with E-state index >= 15 is 0 Å². The topological polar surface area (TPSA) is 159 Å². The molecule has 1 aromatic heterocycles. The van der Waals surface area contributed by atoms with Crippen molar-refractivity contribution in [1.29, 1.82) is 0 Å². The van der Waals surface area contributed by atoms with E-state index in [0.717, 1.165) is 6.42 Å². The molecule has 0 spiro atoms. The van der Waals surface area contributed by atoms with Crippen LogP contribution in [0.25, 0.3) is 11.0 Å². The Balaban J connectivity index is 1.79. The zero-order valence-electron chi connectivity index (χ0n) is 16.9. The zero-order chi connectivity index (χ0) is 22.5. The summed E-state index contributed by atoms with van der Waals surface area (Å²) in [6.45, 7) is 1.59. The third-order valence-electron chi connectivity index (χ3n) is 4.85. The molecule has 2 heterocycles. The molecule has 1 aromatic carbocycles. The monoisotopic (exact) mass is 438 g/mol. The standard InChI is InChI=1S/C21H26O10/c1-2-3-4-5-8-28-19-15(23)12-7-6-11(9-13(12)30-20(19)27)29-21-18(26)17(25)16(24)14(10-22)31-21/h3-4,6-7,9,14,16-18,21-26H,2,5,8,10H2,1H3/b4-3+/t14-,16-,17+,18-,21-/m1/s1. The van der Waals surface area contributed by atoms with E-state index in [1.54, 1.807) is 0 Å². The maximum Gasteiger partial charge on any atom is 0.383 e. The molecule has 10 heteroatoms. The number of ether oxygens (including phenoxy) is 3. The van der Waals surface area contributed by atoms with Gasteiger partial charge in [-0.1, -0.05) is 19.1 Å². The summed E-state index contributed by atoms with van der Waals surface area (Å²) in [7, 11) is 0. The molecule has 0 amide bonds. The molecule has 0 bridgehead atoms. The van der Waals surface area contributed by atoms with Gasteiger partial charge in [0.1, 0.15) is 35.7 Å². The molecule has 2 aromatic rings. The Hall–Kier alpha value is -2.63. The first-order chi connectivity index (χ1) is 14.9. The summed E-state index contributed by atoms with van der Waals surface area (Å²) in [5.74, 6) is -0.567. The lowest BCUT2D eigenvalue weighted by atomic mass is 9.99. The predicted octanol–water partition coefficient (Wildman–Crippen LogP) is 0.412. The SMILES string of the molecule is CC/C=C/CCOc1c(O)c2ccc(O[C@@H]3O[C@H](CO)[C@@H](O)[C@H](O)[C@H]3O)cc2oc1=O. The van der Waals surface area contributed by atoms with Crippen molar-refractivity contribution >= 4 is 11.0 Å². The molecular formula is C21H26O10. The van der Waals surface area contributed by atoms with Crippen LogP contribution in [0.2, 0.25) is 0 Å². The second-order valence-corrected chi connectivity index (χ2v) is 7.06. The van der Waals surface area contributed by atoms with Gasteiger partial charge in [-0.2, -0.15) is 0 Å². The molecule has 5 atom stereocenters. The van der Waals surface area contributed by atoms with E-state index < -0.39 is 42.9 Å². The van der Waals surface area contributed by atoms with Crippen LogP contribution in [0.15, 0.2) is 39.6 Å². The van der Waals surface area contributed by atoms with Gasteiger partial charge in [-0.05, 0) is 25.0 Å². The van der Waals surface area contributed by atoms with E-state index in [-0.39, 0.29) is 34.8 Å². The number of allylic oxidation sites excluding steroid dienone is 1. The molecule has 1 aliphatic rings. The van der Waals surface area contributed by atoms with Crippen molar-refractivity contribution in [2.75, 3.05) is 13.2 Å². The van der Waals surface area contributed by atoms with Crippen LogP contribution in [0.3, 0.4) is 0 Å². The van der Waals surface area contributed by atoms with E-state index in [1.165, 1.54) is 18.2 Å². The van der Waals surface area contributed by atoms with Crippen LogP contribution in [0.4, 0.5) is 0 Å². The molecule has 0 unspecified atom stereocenters. The Morgan fingerprint density at radius 1 is 1.13 bits per heavy atom. The van der Waals surface area contributed by atoms with Gasteiger partial charge in [0.15, 0.2) is 5.75 Å². The lowest BCUT2D eigenvalue weighted by molar-refractivity contribution is -0.277. The molecule has 10 nitrogen and oxygen atoms in total. The maximum atomic E-state index is 12.2. The highest BCUT2D eigenvalue weighted by Gasteiger charge is 2.44. The second-order valence-electron chi connectivity index (χ2n) is 7.06. The number of rotatable bonds is 8. The van der Waals surface area contributed by atoms with Crippen LogP contribution < -0.4 is 15.1 Å². The van der Waals surface area contributed by atoms with E-state index in [0.29, 0.717) is 6.42 Å². The van der Waals surface area contributed by atoms with Gasteiger partial charge >= 0.3 is 5.63 Å². The Bertz CT molecular complexity index is 967. The number of fused-ring (bicyclic) bond motifs is 1. The van der Waals surface area contributed by atoms with Crippen molar-refractivity contribution < 1.29 is 44.2 Å². The van der Waals surface area contributed by atoms with Crippen LogP contribution >= 0.6 is 0 Å². The lowest BCUT2D eigenvalue weighted by Gasteiger charge is -2.39. The summed E-state index contributed by atoms with van der Waals surface area (Å²) in [5.41, 5.74) is -0.864. The van der Waals surface area contributed by atoms with Gasteiger partial charge < -0.3 is 44.2 Å². The molecule has 5 N–H and O–H groups in total. The van der Waals surface area contributed by atoms with Crippen LogP contribution in [0.1, 0.15) is 19.8 Å². The Morgan fingerprint density at radius 3 is 2.61 bits per heavy atom. The number of hydrogen-bond donors (Lipinski definition) is 5. The van der Waals surface area contributed by atoms with Gasteiger partial charge in [0, 0.05) is 6.07 Å². The molecule has 3 rings (SSSR count). The van der Waals surface area contributed by atoms with E-state index in [4.69, 9.17) is 18.6 Å². The number of benzene rings is 1. The molecule has 0 aliphatic carbocycles. The number of aliphatic hydroxyl groups is 4. The molecule has 1 fully saturated rings. The first-order valence-electron chi connectivity index (χ1n) is 9.92. The summed E-state index contributed by atoms with van der Waals surface area (Å²) in [6.07, 6.45) is -1.90. The molecule has 0 saturated carbocycles. The van der Waals surface area contributed by atoms with Crippen molar-refractivity contribution in [2.24, 2.45) is 0 Å². The third kappa shape index (κ3) is 5.00. The molecule has 1 saturated heterocycles. The highest BCUT2D eigenvalue weighted by atomic mass is 16.7. The van der Waals surface area contributed by atoms with Gasteiger partial charge in [0.05, 0.1) is 18.6 Å². The summed E-state index contributed by atoms with van der Waals surface area (Å²) in [5, 5.41) is 49.7. The fourth-order valence-corrected chi connectivity index (χ4v) is 3.16. The fourth-order valence-electron chi connectivity index (χ4n) is 3.16. The number of aromatic hydroxyl groups is 1. The van der Waals surface area contributed by atoms with Gasteiger partial charge in [-0.25, -0.2) is 4.79 Å². The third-order valence-corrected chi connectivity index (χ3v) is 4.85. The van der Waals surface area contributed by atoms with Gasteiger partial charge in [0.2, 0.25) is 12.0 Å². The highest BCUT2D eigenvalue weighted by Crippen LogP contribution is 2.34. The van der Waals surface area contributed by atoms with Crippen LogP contribution in [-0.4, -0.2) is 69.5 Å². The van der Waals surface area contributed by atoms with Crippen LogP contribution in [0.5, 0.6) is 17.2 Å². The maximum absolute atomic E-state index is 12.2. The van der Waals surface area contributed by atoms with Crippen LogP contribution in [0, 0.1) is 0 Å². The van der Waals surface area contributed by atoms with Gasteiger partial charge in [-0.3, -0.25) is 0 Å².